The summed E-state index contributed by atoms with van der Waals surface area (Å²) in [4.78, 5) is 0. The van der Waals surface area contributed by atoms with Crippen molar-refractivity contribution < 1.29 is 0 Å². The molecular weight excluding hydrogens is 338 g/mol. The van der Waals surface area contributed by atoms with Crippen LogP contribution < -0.4 is 0 Å². The maximum Gasteiger partial charge on any atom is 0.191 e. The summed E-state index contributed by atoms with van der Waals surface area (Å²) in [5.41, 5.74) is 1.35. The Morgan fingerprint density at radius 3 is 2.69 bits per heavy atom. The number of allylic oxidation sites excluding steroid dienone is 1. The summed E-state index contributed by atoms with van der Waals surface area (Å²) in [6.07, 6.45) is 8.41. The van der Waals surface area contributed by atoms with Gasteiger partial charge >= 0.3 is 0 Å². The molecule has 0 amide bonds. The van der Waals surface area contributed by atoms with E-state index in [1.165, 1.54) is 48.4 Å². The number of nitrogens with zero attached hydrogens (tertiary/aromatic N) is 3. The Labute approximate surface area is 159 Å². The van der Waals surface area contributed by atoms with Crippen molar-refractivity contribution >= 4 is 22.5 Å². The molecule has 134 valence electrons. The average molecular weight is 364 g/mol. The van der Waals surface area contributed by atoms with Gasteiger partial charge in [0.15, 0.2) is 5.16 Å². The molecule has 0 bridgehead atoms. The summed E-state index contributed by atoms with van der Waals surface area (Å²) < 4.78 is 2.28. The van der Waals surface area contributed by atoms with E-state index >= 15 is 0 Å². The van der Waals surface area contributed by atoms with Crippen LogP contribution in [0.25, 0.3) is 10.8 Å². The fourth-order valence-corrected chi connectivity index (χ4v) is 4.89. The zero-order valence-corrected chi connectivity index (χ0v) is 15.9. The first-order chi connectivity index (χ1) is 12.9. The Hall–Kier alpha value is -2.07. The van der Waals surface area contributed by atoms with Gasteiger partial charge in [-0.25, -0.2) is 0 Å². The summed E-state index contributed by atoms with van der Waals surface area (Å²) in [5, 5.41) is 12.7. The van der Waals surface area contributed by atoms with Crippen LogP contribution in [0.4, 0.5) is 0 Å². The van der Waals surface area contributed by atoms with Crippen molar-refractivity contribution in [3.63, 3.8) is 0 Å². The number of rotatable bonds is 6. The largest absolute Gasteiger partial charge is 0.302 e. The molecule has 0 spiro atoms. The van der Waals surface area contributed by atoms with E-state index in [1.54, 1.807) is 11.8 Å². The third kappa shape index (κ3) is 3.56. The fraction of sp³-hybridized carbons (Fsp3) is 0.364. The van der Waals surface area contributed by atoms with Gasteiger partial charge in [0.2, 0.25) is 0 Å². The molecule has 0 atom stereocenters. The van der Waals surface area contributed by atoms with Crippen molar-refractivity contribution in [1.82, 2.24) is 14.8 Å². The van der Waals surface area contributed by atoms with E-state index in [0.717, 1.165) is 23.3 Å². The summed E-state index contributed by atoms with van der Waals surface area (Å²) in [6.45, 7) is 4.72. The minimum atomic E-state index is 0.558. The van der Waals surface area contributed by atoms with Crippen LogP contribution in [0.15, 0.2) is 60.3 Å². The van der Waals surface area contributed by atoms with E-state index in [4.69, 9.17) is 0 Å². The first-order valence-corrected chi connectivity index (χ1v) is 10.5. The lowest BCUT2D eigenvalue weighted by Gasteiger charge is -2.21. The van der Waals surface area contributed by atoms with Crippen LogP contribution in [0.3, 0.4) is 0 Å². The average Bonchev–Trinajstić information content (AvgIpc) is 3.10. The molecule has 0 aliphatic heterocycles. The van der Waals surface area contributed by atoms with Crippen molar-refractivity contribution in [1.29, 1.82) is 0 Å². The Morgan fingerprint density at radius 1 is 1.04 bits per heavy atom. The highest BCUT2D eigenvalue weighted by Crippen LogP contribution is 2.34. The molecule has 2 aromatic carbocycles. The second-order valence-corrected chi connectivity index (χ2v) is 7.94. The number of fused-ring (bicyclic) bond motifs is 1. The lowest BCUT2D eigenvalue weighted by Crippen LogP contribution is -2.12. The molecule has 4 heteroatoms. The Kier molecular flexibility index (Phi) is 5.40. The lowest BCUT2D eigenvalue weighted by molar-refractivity contribution is 0.415. The number of benzene rings is 2. The maximum atomic E-state index is 4.58. The molecule has 0 unspecified atom stereocenters. The van der Waals surface area contributed by atoms with Gasteiger partial charge in [0.1, 0.15) is 5.82 Å². The van der Waals surface area contributed by atoms with Gasteiger partial charge in [0.25, 0.3) is 0 Å². The number of aromatic nitrogens is 3. The van der Waals surface area contributed by atoms with Crippen molar-refractivity contribution in [2.45, 2.75) is 55.5 Å². The summed E-state index contributed by atoms with van der Waals surface area (Å²) in [6, 6.07) is 15.1. The molecule has 1 aliphatic carbocycles. The first-order valence-electron chi connectivity index (χ1n) is 9.50. The maximum absolute atomic E-state index is 4.58. The molecule has 1 aliphatic rings. The number of hydrogen-bond acceptors (Lipinski definition) is 3. The van der Waals surface area contributed by atoms with E-state index in [-0.39, 0.29) is 0 Å². The minimum Gasteiger partial charge on any atom is -0.302 e. The highest BCUT2D eigenvalue weighted by molar-refractivity contribution is 7.98. The van der Waals surface area contributed by atoms with Crippen LogP contribution in [-0.4, -0.2) is 14.8 Å². The SMILES string of the molecule is C=CCn1c(SCc2cccc3ccccc23)nnc1C1CCCCC1. The van der Waals surface area contributed by atoms with Gasteiger partial charge in [-0.1, -0.05) is 79.6 Å². The van der Waals surface area contributed by atoms with Gasteiger partial charge in [-0.05, 0) is 29.2 Å². The molecule has 0 radical (unpaired) electrons. The smallest absolute Gasteiger partial charge is 0.191 e. The van der Waals surface area contributed by atoms with Crippen LogP contribution in [0.1, 0.15) is 49.4 Å². The van der Waals surface area contributed by atoms with Gasteiger partial charge in [0, 0.05) is 18.2 Å². The van der Waals surface area contributed by atoms with Crippen LogP contribution in [0.2, 0.25) is 0 Å². The molecule has 1 heterocycles. The van der Waals surface area contributed by atoms with Crippen LogP contribution in [0.5, 0.6) is 0 Å². The predicted octanol–water partition coefficient (Wildman–Crippen LogP) is 5.96. The molecule has 26 heavy (non-hydrogen) atoms. The second-order valence-electron chi connectivity index (χ2n) is 7.00. The Morgan fingerprint density at radius 2 is 1.85 bits per heavy atom. The lowest BCUT2D eigenvalue weighted by atomic mass is 9.89. The Balaban J connectivity index is 1.57. The van der Waals surface area contributed by atoms with Gasteiger partial charge in [0.05, 0.1) is 0 Å². The number of thioether (sulfide) groups is 1. The topological polar surface area (TPSA) is 30.7 Å². The molecule has 1 aromatic heterocycles. The van der Waals surface area contributed by atoms with E-state index in [1.807, 2.05) is 6.08 Å². The predicted molar refractivity (Wildman–Crippen MR) is 110 cm³/mol. The van der Waals surface area contributed by atoms with Crippen molar-refractivity contribution in [2.75, 3.05) is 0 Å². The molecule has 1 fully saturated rings. The van der Waals surface area contributed by atoms with Gasteiger partial charge in [-0.15, -0.1) is 16.8 Å². The molecule has 3 aromatic rings. The quantitative estimate of drug-likeness (QED) is 0.400. The first kappa shape index (κ1) is 17.3. The molecule has 0 saturated heterocycles. The van der Waals surface area contributed by atoms with E-state index in [9.17, 15) is 0 Å². The summed E-state index contributed by atoms with van der Waals surface area (Å²) >= 11 is 1.78. The van der Waals surface area contributed by atoms with Gasteiger partial charge in [-0.3, -0.25) is 0 Å². The van der Waals surface area contributed by atoms with Gasteiger partial charge < -0.3 is 4.57 Å². The van der Waals surface area contributed by atoms with Crippen molar-refractivity contribution in [3.05, 3.63) is 66.5 Å². The zero-order valence-electron chi connectivity index (χ0n) is 15.1. The Bertz CT molecular complexity index is 888. The zero-order chi connectivity index (χ0) is 17.8. The van der Waals surface area contributed by atoms with Crippen molar-refractivity contribution in [2.24, 2.45) is 0 Å². The fourth-order valence-electron chi connectivity index (χ4n) is 3.93. The van der Waals surface area contributed by atoms with Crippen LogP contribution in [0, 0.1) is 0 Å². The molecule has 0 N–H and O–H groups in total. The second kappa shape index (κ2) is 8.09. The van der Waals surface area contributed by atoms with Crippen molar-refractivity contribution in [3.8, 4) is 0 Å². The van der Waals surface area contributed by atoms with Crippen LogP contribution in [-0.2, 0) is 12.3 Å². The monoisotopic (exact) mass is 363 g/mol. The summed E-state index contributed by atoms with van der Waals surface area (Å²) in [7, 11) is 0. The number of hydrogen-bond donors (Lipinski definition) is 0. The van der Waals surface area contributed by atoms with Crippen LogP contribution >= 0.6 is 11.8 Å². The van der Waals surface area contributed by atoms with E-state index in [2.05, 4.69) is 63.8 Å². The normalized spacial score (nSPS) is 15.4. The molecular formula is C22H25N3S. The molecule has 3 nitrogen and oxygen atoms in total. The summed E-state index contributed by atoms with van der Waals surface area (Å²) in [5.74, 6) is 2.62. The van der Waals surface area contributed by atoms with E-state index < -0.39 is 0 Å². The van der Waals surface area contributed by atoms with E-state index in [0.29, 0.717) is 5.92 Å². The highest BCUT2D eigenvalue weighted by atomic mass is 32.2. The molecule has 4 rings (SSSR count). The van der Waals surface area contributed by atoms with Gasteiger partial charge in [-0.2, -0.15) is 0 Å². The third-order valence-electron chi connectivity index (χ3n) is 5.26. The standard InChI is InChI=1S/C22H25N3S/c1-2-15-25-21(18-10-4-3-5-11-18)23-24-22(25)26-16-19-13-8-12-17-9-6-7-14-20(17)19/h2,6-9,12-14,18H,1,3-5,10-11,15-16H2. The highest BCUT2D eigenvalue weighted by Gasteiger charge is 2.23. The third-order valence-corrected chi connectivity index (χ3v) is 6.28. The minimum absolute atomic E-state index is 0.558. The molecule has 1 saturated carbocycles.